The van der Waals surface area contributed by atoms with E-state index in [2.05, 4.69) is 5.32 Å². The number of benzene rings is 1. The third kappa shape index (κ3) is 3.64. The van der Waals surface area contributed by atoms with Crippen molar-refractivity contribution >= 4 is 11.8 Å². The van der Waals surface area contributed by atoms with Crippen LogP contribution in [0.3, 0.4) is 0 Å². The van der Waals surface area contributed by atoms with Gasteiger partial charge in [0, 0.05) is 25.4 Å². The van der Waals surface area contributed by atoms with Gasteiger partial charge in [-0.15, -0.1) is 0 Å². The predicted octanol–water partition coefficient (Wildman–Crippen LogP) is 1.89. The second-order valence-electron chi connectivity index (χ2n) is 6.20. The molecule has 1 aromatic carbocycles. The van der Waals surface area contributed by atoms with Crippen LogP contribution in [0.2, 0.25) is 0 Å². The monoisotopic (exact) mass is 304 g/mol. The number of amides is 2. The maximum absolute atomic E-state index is 13.3. The number of hydrogen-bond donors (Lipinski definition) is 1. The van der Waals surface area contributed by atoms with Gasteiger partial charge in [-0.3, -0.25) is 9.59 Å². The zero-order valence-electron chi connectivity index (χ0n) is 12.6. The number of likely N-dealkylation sites (tertiary alicyclic amines) is 1. The molecule has 1 N–H and O–H groups in total. The van der Waals surface area contributed by atoms with E-state index in [-0.39, 0.29) is 29.6 Å². The van der Waals surface area contributed by atoms with Crippen LogP contribution in [0.25, 0.3) is 0 Å². The van der Waals surface area contributed by atoms with Crippen LogP contribution in [0.15, 0.2) is 24.3 Å². The van der Waals surface area contributed by atoms with Crippen molar-refractivity contribution in [2.24, 2.45) is 5.92 Å². The maximum atomic E-state index is 13.3. The summed E-state index contributed by atoms with van der Waals surface area (Å²) in [5, 5.41) is 2.95. The molecule has 1 saturated carbocycles. The highest BCUT2D eigenvalue weighted by atomic mass is 19.1. The number of carbonyl (C=O) groups excluding carboxylic acids is 2. The van der Waals surface area contributed by atoms with Crippen LogP contribution >= 0.6 is 0 Å². The van der Waals surface area contributed by atoms with E-state index in [1.54, 1.807) is 6.07 Å². The average molecular weight is 304 g/mol. The molecular weight excluding hydrogens is 283 g/mol. The molecule has 0 bridgehead atoms. The lowest BCUT2D eigenvalue weighted by Gasteiger charge is -2.28. The summed E-state index contributed by atoms with van der Waals surface area (Å²) < 4.78 is 13.3. The van der Waals surface area contributed by atoms with Crippen molar-refractivity contribution < 1.29 is 14.0 Å². The van der Waals surface area contributed by atoms with Gasteiger partial charge in [-0.1, -0.05) is 12.1 Å². The highest BCUT2D eigenvalue weighted by molar-refractivity contribution is 5.81. The van der Waals surface area contributed by atoms with E-state index in [1.807, 2.05) is 11.0 Å². The fourth-order valence-electron chi connectivity index (χ4n) is 2.99. The molecule has 5 heteroatoms. The largest absolute Gasteiger partial charge is 0.354 e. The quantitative estimate of drug-likeness (QED) is 0.872. The number of nitrogens with one attached hydrogen (secondary N) is 1. The van der Waals surface area contributed by atoms with Gasteiger partial charge in [-0.05, 0) is 43.4 Å². The summed E-state index contributed by atoms with van der Waals surface area (Å²) >= 11 is 0. The van der Waals surface area contributed by atoms with Gasteiger partial charge >= 0.3 is 0 Å². The Kier molecular flexibility index (Phi) is 4.41. The van der Waals surface area contributed by atoms with Gasteiger partial charge in [0.05, 0.1) is 6.04 Å². The summed E-state index contributed by atoms with van der Waals surface area (Å²) in [6, 6.07) is 6.35. The van der Waals surface area contributed by atoms with Gasteiger partial charge < -0.3 is 10.2 Å². The maximum Gasteiger partial charge on any atom is 0.223 e. The molecule has 1 unspecified atom stereocenters. The number of halogens is 1. The Hall–Kier alpha value is -1.91. The molecule has 1 saturated heterocycles. The molecule has 1 aliphatic heterocycles. The Labute approximate surface area is 129 Å². The highest BCUT2D eigenvalue weighted by Crippen LogP contribution is 2.28. The normalized spacial score (nSPS) is 19.3. The van der Waals surface area contributed by atoms with Crippen molar-refractivity contribution in [3.05, 3.63) is 35.6 Å². The Balaban J connectivity index is 1.67. The van der Waals surface area contributed by atoms with Crippen molar-refractivity contribution in [1.29, 1.82) is 0 Å². The molecule has 3 rings (SSSR count). The molecule has 22 heavy (non-hydrogen) atoms. The number of rotatable bonds is 6. The predicted molar refractivity (Wildman–Crippen MR) is 80.6 cm³/mol. The summed E-state index contributed by atoms with van der Waals surface area (Å²) in [6.45, 7) is 1.16. The molecule has 1 aromatic rings. The molecule has 0 aromatic heterocycles. The van der Waals surface area contributed by atoms with Crippen LogP contribution in [-0.2, 0) is 16.0 Å². The van der Waals surface area contributed by atoms with Gasteiger partial charge in [-0.2, -0.15) is 0 Å². The molecule has 2 aliphatic rings. The Morgan fingerprint density at radius 3 is 2.86 bits per heavy atom. The summed E-state index contributed by atoms with van der Waals surface area (Å²) in [4.78, 5) is 25.7. The molecule has 4 nitrogen and oxygen atoms in total. The second kappa shape index (κ2) is 6.46. The first kappa shape index (κ1) is 15.0. The molecule has 0 radical (unpaired) electrons. The number of carbonyl (C=O) groups is 2. The molecule has 2 amide bonds. The number of hydrogen-bond acceptors (Lipinski definition) is 2. The van der Waals surface area contributed by atoms with Crippen LogP contribution in [0.5, 0.6) is 0 Å². The highest BCUT2D eigenvalue weighted by Gasteiger charge is 2.32. The third-order valence-corrected chi connectivity index (χ3v) is 4.37. The Morgan fingerprint density at radius 1 is 1.41 bits per heavy atom. The lowest BCUT2D eigenvalue weighted by molar-refractivity contribution is -0.130. The standard InChI is InChI=1S/C17H21FN2O2/c18-14-4-1-3-12(9-14)10-15(20-8-2-5-16(20)21)11-19-17(22)13-6-7-13/h1,3-4,9,13,15H,2,5-8,10-11H2,(H,19,22). The van der Waals surface area contributed by atoms with Crippen molar-refractivity contribution in [3.63, 3.8) is 0 Å². The minimum atomic E-state index is -0.272. The van der Waals surface area contributed by atoms with E-state index in [1.165, 1.54) is 12.1 Å². The lowest BCUT2D eigenvalue weighted by atomic mass is 10.0. The number of nitrogens with zero attached hydrogens (tertiary/aromatic N) is 1. The van der Waals surface area contributed by atoms with Gasteiger partial charge in [0.2, 0.25) is 11.8 Å². The van der Waals surface area contributed by atoms with Gasteiger partial charge in [-0.25, -0.2) is 4.39 Å². The first-order valence-electron chi connectivity index (χ1n) is 7.95. The average Bonchev–Trinajstić information content (AvgIpc) is 3.26. The van der Waals surface area contributed by atoms with E-state index in [0.29, 0.717) is 19.4 Å². The minimum Gasteiger partial charge on any atom is -0.354 e. The van der Waals surface area contributed by atoms with Crippen molar-refractivity contribution in [2.75, 3.05) is 13.1 Å². The van der Waals surface area contributed by atoms with E-state index < -0.39 is 0 Å². The lowest BCUT2D eigenvalue weighted by Crippen LogP contribution is -2.46. The summed E-state index contributed by atoms with van der Waals surface area (Å²) in [5.74, 6) is 0.0908. The van der Waals surface area contributed by atoms with E-state index >= 15 is 0 Å². The SMILES string of the molecule is O=C(NCC(Cc1cccc(F)c1)N1CCCC1=O)C1CC1. The van der Waals surface area contributed by atoms with Crippen LogP contribution in [-0.4, -0.2) is 35.8 Å². The smallest absolute Gasteiger partial charge is 0.223 e. The Bertz CT molecular complexity index is 572. The molecular formula is C17H21FN2O2. The molecule has 1 aliphatic carbocycles. The van der Waals surface area contributed by atoms with Gasteiger partial charge in [0.25, 0.3) is 0 Å². The third-order valence-electron chi connectivity index (χ3n) is 4.37. The van der Waals surface area contributed by atoms with Crippen molar-refractivity contribution in [2.45, 2.75) is 38.1 Å². The van der Waals surface area contributed by atoms with Crippen LogP contribution in [0.4, 0.5) is 4.39 Å². The zero-order chi connectivity index (χ0) is 15.5. The van der Waals surface area contributed by atoms with E-state index in [9.17, 15) is 14.0 Å². The fourth-order valence-corrected chi connectivity index (χ4v) is 2.99. The van der Waals surface area contributed by atoms with E-state index in [4.69, 9.17) is 0 Å². The van der Waals surface area contributed by atoms with Crippen LogP contribution in [0.1, 0.15) is 31.2 Å². The summed E-state index contributed by atoms with van der Waals surface area (Å²) in [6.07, 6.45) is 3.91. The van der Waals surface area contributed by atoms with Crippen LogP contribution in [0, 0.1) is 11.7 Å². The first-order valence-corrected chi connectivity index (χ1v) is 7.95. The second-order valence-corrected chi connectivity index (χ2v) is 6.20. The minimum absolute atomic E-state index is 0.0795. The Morgan fingerprint density at radius 2 is 2.23 bits per heavy atom. The van der Waals surface area contributed by atoms with Crippen molar-refractivity contribution in [1.82, 2.24) is 10.2 Å². The molecule has 1 atom stereocenters. The first-order chi connectivity index (χ1) is 10.6. The molecule has 0 spiro atoms. The molecule has 2 fully saturated rings. The fraction of sp³-hybridized carbons (Fsp3) is 0.529. The van der Waals surface area contributed by atoms with Gasteiger partial charge in [0.1, 0.15) is 5.82 Å². The van der Waals surface area contributed by atoms with Crippen LogP contribution < -0.4 is 5.32 Å². The summed E-state index contributed by atoms with van der Waals surface area (Å²) in [5.41, 5.74) is 0.852. The van der Waals surface area contributed by atoms with Crippen molar-refractivity contribution in [3.8, 4) is 0 Å². The molecule has 1 heterocycles. The van der Waals surface area contributed by atoms with Gasteiger partial charge in [0.15, 0.2) is 0 Å². The molecule has 118 valence electrons. The zero-order valence-corrected chi connectivity index (χ0v) is 12.6. The van der Waals surface area contributed by atoms with E-state index in [0.717, 1.165) is 31.4 Å². The summed E-state index contributed by atoms with van der Waals surface area (Å²) in [7, 11) is 0. The topological polar surface area (TPSA) is 49.4 Å².